The van der Waals surface area contributed by atoms with Crippen LogP contribution >= 0.6 is 15.9 Å². The van der Waals surface area contributed by atoms with Crippen LogP contribution < -0.4 is 4.84 Å². The summed E-state index contributed by atoms with van der Waals surface area (Å²) in [5, 5.41) is 7.99. The van der Waals surface area contributed by atoms with Crippen molar-refractivity contribution in [1.82, 2.24) is 14.8 Å². The highest BCUT2D eigenvalue weighted by Crippen LogP contribution is 2.31. The van der Waals surface area contributed by atoms with Crippen molar-refractivity contribution < 1.29 is 4.84 Å². The predicted molar refractivity (Wildman–Crippen MR) is 110 cm³/mol. The fourth-order valence-electron chi connectivity index (χ4n) is 3.36. The van der Waals surface area contributed by atoms with Gasteiger partial charge in [-0.15, -0.1) is 5.06 Å². The minimum Gasteiger partial charge on any atom is -0.406 e. The summed E-state index contributed by atoms with van der Waals surface area (Å²) in [6, 6.07) is 16.3. The Kier molecular flexibility index (Phi) is 6.33. The van der Waals surface area contributed by atoms with E-state index in [1.165, 1.54) is 16.6 Å². The van der Waals surface area contributed by atoms with Gasteiger partial charge < -0.3 is 4.84 Å². The summed E-state index contributed by atoms with van der Waals surface area (Å²) < 4.78 is 3.08. The van der Waals surface area contributed by atoms with Crippen molar-refractivity contribution in [2.24, 2.45) is 7.05 Å². The van der Waals surface area contributed by atoms with E-state index in [9.17, 15) is 0 Å². The smallest absolute Gasteiger partial charge is 0.147 e. The van der Waals surface area contributed by atoms with Gasteiger partial charge in [-0.05, 0) is 49.6 Å². The van der Waals surface area contributed by atoms with E-state index in [1.54, 1.807) is 0 Å². The van der Waals surface area contributed by atoms with Crippen molar-refractivity contribution in [3.8, 4) is 5.75 Å². The average molecular weight is 416 g/mol. The molecule has 0 radical (unpaired) electrons. The van der Waals surface area contributed by atoms with Crippen LogP contribution in [0.2, 0.25) is 0 Å². The number of aromatic nitrogens is 2. The second-order valence-corrected chi connectivity index (χ2v) is 7.59. The molecule has 3 rings (SSSR count). The molecular weight excluding hydrogens is 390 g/mol. The average Bonchev–Trinajstić information content (AvgIpc) is 2.95. The number of halogens is 1. The van der Waals surface area contributed by atoms with E-state index in [0.717, 1.165) is 36.0 Å². The number of benzene rings is 2. The maximum absolute atomic E-state index is 5.83. The Bertz CT molecular complexity index is 847. The van der Waals surface area contributed by atoms with Gasteiger partial charge in [-0.25, -0.2) is 0 Å². The predicted octanol–water partition coefficient (Wildman–Crippen LogP) is 5.54. The molecule has 4 nitrogen and oxygen atoms in total. The SMILES string of the molecule is CCC(CCCN(C)Oc1ccccc1)c1nn(C)c2cc(Br)ccc12. The Balaban J connectivity index is 1.61. The highest BCUT2D eigenvalue weighted by molar-refractivity contribution is 9.10. The second-order valence-electron chi connectivity index (χ2n) is 6.67. The van der Waals surface area contributed by atoms with E-state index in [2.05, 4.69) is 41.1 Å². The van der Waals surface area contributed by atoms with Gasteiger partial charge in [-0.3, -0.25) is 4.68 Å². The van der Waals surface area contributed by atoms with Crippen molar-refractivity contribution >= 4 is 26.8 Å². The summed E-state index contributed by atoms with van der Waals surface area (Å²) in [7, 11) is 4.01. The van der Waals surface area contributed by atoms with Crippen molar-refractivity contribution in [2.45, 2.75) is 32.1 Å². The first-order valence-electron chi connectivity index (χ1n) is 9.14. The molecule has 0 fully saturated rings. The van der Waals surface area contributed by atoms with Gasteiger partial charge >= 0.3 is 0 Å². The van der Waals surface area contributed by atoms with Crippen LogP contribution in [0, 0.1) is 0 Å². The van der Waals surface area contributed by atoms with E-state index >= 15 is 0 Å². The third-order valence-electron chi connectivity index (χ3n) is 4.75. The Morgan fingerprint density at radius 1 is 1.19 bits per heavy atom. The number of aryl methyl sites for hydroxylation is 1. The molecule has 3 aromatic rings. The lowest BCUT2D eigenvalue weighted by molar-refractivity contribution is -0.0330. The molecule has 26 heavy (non-hydrogen) atoms. The molecule has 138 valence electrons. The number of hydroxylamine groups is 2. The minimum absolute atomic E-state index is 0.463. The van der Waals surface area contributed by atoms with Crippen LogP contribution in [0.25, 0.3) is 10.9 Å². The molecule has 1 unspecified atom stereocenters. The topological polar surface area (TPSA) is 30.3 Å². The highest BCUT2D eigenvalue weighted by atomic mass is 79.9. The van der Waals surface area contributed by atoms with Crippen LogP contribution in [-0.4, -0.2) is 28.4 Å². The first-order chi connectivity index (χ1) is 12.6. The molecular formula is C21H26BrN3O. The summed E-state index contributed by atoms with van der Waals surface area (Å²) >= 11 is 3.55. The van der Waals surface area contributed by atoms with Crippen LogP contribution in [0.1, 0.15) is 37.8 Å². The van der Waals surface area contributed by atoms with Crippen molar-refractivity contribution in [3.63, 3.8) is 0 Å². The first kappa shape index (κ1) is 18.9. The molecule has 1 heterocycles. The highest BCUT2D eigenvalue weighted by Gasteiger charge is 2.18. The Morgan fingerprint density at radius 2 is 1.96 bits per heavy atom. The van der Waals surface area contributed by atoms with Gasteiger partial charge in [0, 0.05) is 36.4 Å². The third kappa shape index (κ3) is 4.46. The molecule has 0 bridgehead atoms. The van der Waals surface area contributed by atoms with Gasteiger partial charge in [-0.2, -0.15) is 5.10 Å². The summed E-state index contributed by atoms with van der Waals surface area (Å²) in [5.41, 5.74) is 2.39. The second kappa shape index (κ2) is 8.69. The fraction of sp³-hybridized carbons (Fsp3) is 0.381. The molecule has 2 aromatic carbocycles. The van der Waals surface area contributed by atoms with Crippen molar-refractivity contribution in [1.29, 1.82) is 0 Å². The maximum Gasteiger partial charge on any atom is 0.147 e. The summed E-state index contributed by atoms with van der Waals surface area (Å²) in [6.07, 6.45) is 3.25. The molecule has 0 amide bonds. The van der Waals surface area contributed by atoms with E-state index in [0.29, 0.717) is 5.92 Å². The number of hydrogen-bond acceptors (Lipinski definition) is 3. The Morgan fingerprint density at radius 3 is 2.69 bits per heavy atom. The quantitative estimate of drug-likeness (QED) is 0.452. The largest absolute Gasteiger partial charge is 0.406 e. The number of rotatable bonds is 8. The van der Waals surface area contributed by atoms with Gasteiger partial charge in [0.1, 0.15) is 5.75 Å². The van der Waals surface area contributed by atoms with Gasteiger partial charge in [0.05, 0.1) is 11.2 Å². The first-order valence-corrected chi connectivity index (χ1v) is 9.94. The van der Waals surface area contributed by atoms with Crippen LogP contribution in [0.3, 0.4) is 0 Å². The zero-order valence-corrected chi connectivity index (χ0v) is 17.2. The maximum atomic E-state index is 5.83. The minimum atomic E-state index is 0.463. The number of fused-ring (bicyclic) bond motifs is 1. The molecule has 0 N–H and O–H groups in total. The molecule has 1 atom stereocenters. The van der Waals surface area contributed by atoms with Gasteiger partial charge in [0.25, 0.3) is 0 Å². The van der Waals surface area contributed by atoms with Gasteiger partial charge in [-0.1, -0.05) is 41.1 Å². The molecule has 0 aliphatic carbocycles. The number of hydrogen-bond donors (Lipinski definition) is 0. The van der Waals surface area contributed by atoms with E-state index in [4.69, 9.17) is 9.94 Å². The van der Waals surface area contributed by atoms with Crippen molar-refractivity contribution in [2.75, 3.05) is 13.6 Å². The van der Waals surface area contributed by atoms with Gasteiger partial charge in [0.2, 0.25) is 0 Å². The van der Waals surface area contributed by atoms with Gasteiger partial charge in [0.15, 0.2) is 0 Å². The third-order valence-corrected chi connectivity index (χ3v) is 5.24. The Labute approximate surface area is 163 Å². The van der Waals surface area contributed by atoms with E-state index in [1.807, 2.05) is 54.2 Å². The summed E-state index contributed by atoms with van der Waals surface area (Å²) in [6.45, 7) is 3.13. The molecule has 0 spiro atoms. The number of nitrogens with zero attached hydrogens (tertiary/aromatic N) is 3. The monoisotopic (exact) mass is 415 g/mol. The van der Waals surface area contributed by atoms with Crippen LogP contribution in [0.5, 0.6) is 5.75 Å². The zero-order chi connectivity index (χ0) is 18.5. The fourth-order valence-corrected chi connectivity index (χ4v) is 3.71. The zero-order valence-electron chi connectivity index (χ0n) is 15.7. The molecule has 1 aromatic heterocycles. The van der Waals surface area contributed by atoms with Crippen LogP contribution in [0.15, 0.2) is 53.0 Å². The standard InChI is InChI=1S/C21H26BrN3O/c1-4-16(9-8-14-24(2)26-18-10-6-5-7-11-18)21-19-13-12-17(22)15-20(19)25(3)23-21/h5-7,10-13,15-16H,4,8-9,14H2,1-3H3. The van der Waals surface area contributed by atoms with E-state index in [-0.39, 0.29) is 0 Å². The number of para-hydroxylation sites is 1. The normalized spacial score (nSPS) is 12.7. The summed E-state index contributed by atoms with van der Waals surface area (Å²) in [4.78, 5) is 5.83. The van der Waals surface area contributed by atoms with Crippen molar-refractivity contribution in [3.05, 3.63) is 58.7 Å². The lowest BCUT2D eigenvalue weighted by atomic mass is 9.94. The van der Waals surface area contributed by atoms with Crippen LogP contribution in [-0.2, 0) is 7.05 Å². The Hall–Kier alpha value is -1.85. The molecule has 0 saturated carbocycles. The molecule has 0 saturated heterocycles. The molecule has 0 aliphatic heterocycles. The lowest BCUT2D eigenvalue weighted by Crippen LogP contribution is -2.24. The molecule has 5 heteroatoms. The lowest BCUT2D eigenvalue weighted by Gasteiger charge is -2.19. The summed E-state index contributed by atoms with van der Waals surface area (Å²) in [5.74, 6) is 1.34. The molecule has 0 aliphatic rings. The van der Waals surface area contributed by atoms with Crippen LogP contribution in [0.4, 0.5) is 0 Å². The van der Waals surface area contributed by atoms with E-state index < -0.39 is 0 Å².